The van der Waals surface area contributed by atoms with Gasteiger partial charge in [0.15, 0.2) is 11.5 Å². The summed E-state index contributed by atoms with van der Waals surface area (Å²) in [5, 5.41) is 22.7. The molecule has 1 heterocycles. The van der Waals surface area contributed by atoms with E-state index < -0.39 is 0 Å². The minimum atomic E-state index is -0.367. The lowest BCUT2D eigenvalue weighted by Crippen LogP contribution is -2.14. The van der Waals surface area contributed by atoms with Crippen molar-refractivity contribution >= 4 is 28.8 Å². The maximum Gasteiger partial charge on any atom is 0.276 e. The number of rotatable bonds is 5. The number of amides is 1. The molecule has 0 saturated carbocycles. The van der Waals surface area contributed by atoms with Gasteiger partial charge in [-0.15, -0.1) is 10.2 Å². The van der Waals surface area contributed by atoms with Crippen LogP contribution in [0, 0.1) is 11.3 Å². The van der Waals surface area contributed by atoms with Gasteiger partial charge in [-0.3, -0.25) is 4.79 Å². The second kappa shape index (κ2) is 7.97. The van der Waals surface area contributed by atoms with Gasteiger partial charge in [-0.2, -0.15) is 5.26 Å². The molecule has 3 rings (SSSR count). The van der Waals surface area contributed by atoms with Gasteiger partial charge in [-0.25, -0.2) is 0 Å². The fourth-order valence-electron chi connectivity index (χ4n) is 2.33. The van der Waals surface area contributed by atoms with Gasteiger partial charge in [0.1, 0.15) is 0 Å². The number of nitriles is 1. The molecule has 2 aromatic carbocycles. The van der Waals surface area contributed by atoms with Crippen molar-refractivity contribution in [2.75, 3.05) is 29.6 Å². The number of hydrogen-bond acceptors (Lipinski definition) is 6. The van der Waals surface area contributed by atoms with E-state index >= 15 is 0 Å². The SMILES string of the molecule is CN(C)c1ccc(Nc2ccc(C(=O)Nc3ccc(C#N)cc3)nn2)cc1. The summed E-state index contributed by atoms with van der Waals surface area (Å²) in [7, 11) is 3.96. The Morgan fingerprint density at radius 3 is 2.15 bits per heavy atom. The van der Waals surface area contributed by atoms with Gasteiger partial charge in [-0.1, -0.05) is 0 Å². The summed E-state index contributed by atoms with van der Waals surface area (Å²) in [6, 6.07) is 19.8. The molecule has 134 valence electrons. The van der Waals surface area contributed by atoms with Crippen LogP contribution in [-0.2, 0) is 0 Å². The Hall–Kier alpha value is -3.92. The molecule has 0 atom stereocenters. The lowest BCUT2D eigenvalue weighted by Gasteiger charge is -2.13. The third kappa shape index (κ3) is 4.58. The van der Waals surface area contributed by atoms with E-state index in [0.717, 1.165) is 11.4 Å². The zero-order chi connectivity index (χ0) is 19.2. The maximum absolute atomic E-state index is 12.2. The molecule has 27 heavy (non-hydrogen) atoms. The molecule has 2 N–H and O–H groups in total. The standard InChI is InChI=1S/C20H18N6O/c1-26(2)17-9-7-15(8-10-17)22-19-12-11-18(24-25-19)20(27)23-16-5-3-14(13-21)4-6-16/h3-12H,1-2H3,(H,22,25)(H,23,27). The zero-order valence-corrected chi connectivity index (χ0v) is 15.0. The predicted molar refractivity (Wildman–Crippen MR) is 105 cm³/mol. The van der Waals surface area contributed by atoms with E-state index in [4.69, 9.17) is 5.26 Å². The first-order valence-corrected chi connectivity index (χ1v) is 8.25. The largest absolute Gasteiger partial charge is 0.378 e. The van der Waals surface area contributed by atoms with Crippen LogP contribution in [0.5, 0.6) is 0 Å². The van der Waals surface area contributed by atoms with Crippen LogP contribution >= 0.6 is 0 Å². The fourth-order valence-corrected chi connectivity index (χ4v) is 2.33. The summed E-state index contributed by atoms with van der Waals surface area (Å²) in [4.78, 5) is 14.3. The fraction of sp³-hybridized carbons (Fsp3) is 0.100. The summed E-state index contributed by atoms with van der Waals surface area (Å²) >= 11 is 0. The molecule has 7 nitrogen and oxygen atoms in total. The molecule has 7 heteroatoms. The van der Waals surface area contributed by atoms with Crippen LogP contribution in [0.2, 0.25) is 0 Å². The molecule has 0 aliphatic heterocycles. The smallest absolute Gasteiger partial charge is 0.276 e. The molecule has 0 radical (unpaired) electrons. The highest BCUT2D eigenvalue weighted by Crippen LogP contribution is 2.19. The van der Waals surface area contributed by atoms with Crippen LogP contribution in [0.25, 0.3) is 0 Å². The number of benzene rings is 2. The Morgan fingerprint density at radius 1 is 0.926 bits per heavy atom. The monoisotopic (exact) mass is 358 g/mol. The second-order valence-electron chi connectivity index (χ2n) is 6.01. The quantitative estimate of drug-likeness (QED) is 0.726. The number of hydrogen-bond donors (Lipinski definition) is 2. The first-order valence-electron chi connectivity index (χ1n) is 8.25. The van der Waals surface area contributed by atoms with Crippen LogP contribution in [-0.4, -0.2) is 30.2 Å². The first kappa shape index (κ1) is 17.9. The molecule has 0 aliphatic carbocycles. The van der Waals surface area contributed by atoms with Gasteiger partial charge >= 0.3 is 0 Å². The van der Waals surface area contributed by atoms with Gasteiger partial charge in [-0.05, 0) is 60.7 Å². The van der Waals surface area contributed by atoms with Crippen LogP contribution in [0.1, 0.15) is 16.1 Å². The third-order valence-corrected chi connectivity index (χ3v) is 3.83. The average molecular weight is 358 g/mol. The van der Waals surface area contributed by atoms with Gasteiger partial charge < -0.3 is 15.5 Å². The van der Waals surface area contributed by atoms with Gasteiger partial charge in [0.2, 0.25) is 0 Å². The highest BCUT2D eigenvalue weighted by molar-refractivity contribution is 6.02. The van der Waals surface area contributed by atoms with Crippen LogP contribution in [0.4, 0.5) is 22.9 Å². The molecule has 3 aromatic rings. The molecular formula is C20H18N6O. The van der Waals surface area contributed by atoms with Crippen LogP contribution in [0.15, 0.2) is 60.7 Å². The molecule has 0 unspecified atom stereocenters. The van der Waals surface area contributed by atoms with Crippen LogP contribution < -0.4 is 15.5 Å². The van der Waals surface area contributed by atoms with E-state index in [2.05, 4.69) is 20.8 Å². The summed E-state index contributed by atoms with van der Waals surface area (Å²) in [5.74, 6) is 0.177. The van der Waals surface area contributed by atoms with E-state index in [0.29, 0.717) is 17.1 Å². The number of anilines is 4. The van der Waals surface area contributed by atoms with Crippen molar-refractivity contribution in [3.63, 3.8) is 0 Å². The normalized spacial score (nSPS) is 9.96. The lowest BCUT2D eigenvalue weighted by molar-refractivity contribution is 0.102. The van der Waals surface area contributed by atoms with Crippen molar-refractivity contribution in [2.45, 2.75) is 0 Å². The Labute approximate surface area is 157 Å². The summed E-state index contributed by atoms with van der Waals surface area (Å²) < 4.78 is 0. The Kier molecular flexibility index (Phi) is 5.28. The Bertz CT molecular complexity index is 957. The summed E-state index contributed by atoms with van der Waals surface area (Å²) in [6.45, 7) is 0. The maximum atomic E-state index is 12.2. The van der Waals surface area contributed by atoms with Crippen molar-refractivity contribution in [3.8, 4) is 6.07 Å². The Morgan fingerprint density at radius 2 is 1.59 bits per heavy atom. The summed E-state index contributed by atoms with van der Waals surface area (Å²) in [6.07, 6.45) is 0. The minimum absolute atomic E-state index is 0.202. The molecule has 0 spiro atoms. The highest BCUT2D eigenvalue weighted by Gasteiger charge is 2.09. The summed E-state index contributed by atoms with van der Waals surface area (Å²) in [5.41, 5.74) is 3.30. The topological polar surface area (TPSA) is 93.9 Å². The third-order valence-electron chi connectivity index (χ3n) is 3.83. The highest BCUT2D eigenvalue weighted by atomic mass is 16.1. The van der Waals surface area contributed by atoms with Crippen molar-refractivity contribution in [1.29, 1.82) is 5.26 Å². The number of carbonyl (C=O) groups excluding carboxylic acids is 1. The number of nitrogens with zero attached hydrogens (tertiary/aromatic N) is 4. The second-order valence-corrected chi connectivity index (χ2v) is 6.01. The molecule has 1 amide bonds. The number of nitrogens with one attached hydrogen (secondary N) is 2. The van der Waals surface area contributed by atoms with E-state index in [1.807, 2.05) is 49.3 Å². The molecule has 0 bridgehead atoms. The average Bonchev–Trinajstić information content (AvgIpc) is 2.69. The van der Waals surface area contributed by atoms with Gasteiger partial charge in [0.25, 0.3) is 5.91 Å². The molecule has 0 saturated heterocycles. The van der Waals surface area contributed by atoms with Crippen molar-refractivity contribution in [1.82, 2.24) is 10.2 Å². The van der Waals surface area contributed by atoms with E-state index in [-0.39, 0.29) is 11.6 Å². The van der Waals surface area contributed by atoms with Crippen molar-refractivity contribution in [3.05, 3.63) is 71.9 Å². The Balaban J connectivity index is 1.63. The van der Waals surface area contributed by atoms with Gasteiger partial charge in [0.05, 0.1) is 11.6 Å². The minimum Gasteiger partial charge on any atom is -0.378 e. The van der Waals surface area contributed by atoms with E-state index in [1.54, 1.807) is 36.4 Å². The van der Waals surface area contributed by atoms with Crippen molar-refractivity contribution in [2.24, 2.45) is 0 Å². The molecule has 0 fully saturated rings. The predicted octanol–water partition coefficient (Wildman–Crippen LogP) is 3.41. The molecule has 0 aliphatic rings. The van der Waals surface area contributed by atoms with Gasteiger partial charge in [0, 0.05) is 31.2 Å². The van der Waals surface area contributed by atoms with E-state index in [1.165, 1.54) is 0 Å². The number of carbonyl (C=O) groups is 1. The molecular weight excluding hydrogens is 340 g/mol. The zero-order valence-electron chi connectivity index (χ0n) is 15.0. The van der Waals surface area contributed by atoms with Crippen molar-refractivity contribution < 1.29 is 4.79 Å². The molecule has 1 aromatic heterocycles. The van der Waals surface area contributed by atoms with Crippen LogP contribution in [0.3, 0.4) is 0 Å². The first-order chi connectivity index (χ1) is 13.0. The van der Waals surface area contributed by atoms with E-state index in [9.17, 15) is 4.79 Å². The lowest BCUT2D eigenvalue weighted by atomic mass is 10.2. The number of aromatic nitrogens is 2.